The van der Waals surface area contributed by atoms with Gasteiger partial charge in [0.2, 0.25) is 0 Å². The molecule has 1 aromatic carbocycles. The number of carbonyl (C=O) groups excluding carboxylic acids is 1. The molecule has 0 saturated carbocycles. The lowest BCUT2D eigenvalue weighted by Crippen LogP contribution is -2.43. The van der Waals surface area contributed by atoms with Crippen LogP contribution in [-0.2, 0) is 13.0 Å². The maximum atomic E-state index is 12.7. The van der Waals surface area contributed by atoms with Crippen molar-refractivity contribution in [3.05, 3.63) is 62.0 Å². The van der Waals surface area contributed by atoms with E-state index >= 15 is 0 Å². The van der Waals surface area contributed by atoms with Gasteiger partial charge >= 0.3 is 0 Å². The number of hydrogen-bond donors (Lipinski definition) is 2. The van der Waals surface area contributed by atoms with Crippen molar-refractivity contribution in [2.75, 3.05) is 11.9 Å². The molecule has 0 fully saturated rings. The van der Waals surface area contributed by atoms with Gasteiger partial charge in [0.25, 0.3) is 11.6 Å². The lowest BCUT2D eigenvalue weighted by atomic mass is 10.0. The smallest absolute Gasteiger partial charge is 0.269 e. The summed E-state index contributed by atoms with van der Waals surface area (Å²) in [6.07, 6.45) is 4.30. The van der Waals surface area contributed by atoms with Crippen LogP contribution in [0.25, 0.3) is 6.08 Å². The number of nitrogens with one attached hydrogen (secondary N) is 2. The summed E-state index contributed by atoms with van der Waals surface area (Å²) in [6.45, 7) is 6.26. The minimum atomic E-state index is -0.420. The summed E-state index contributed by atoms with van der Waals surface area (Å²) in [5.74, 6) is -0.0393. The molecule has 3 heterocycles. The molecule has 2 aliphatic heterocycles. The van der Waals surface area contributed by atoms with Crippen LogP contribution >= 0.6 is 11.3 Å². The second-order valence-electron chi connectivity index (χ2n) is 7.33. The molecule has 1 aromatic heterocycles. The van der Waals surface area contributed by atoms with E-state index in [-0.39, 0.29) is 17.8 Å². The molecule has 0 saturated heterocycles. The number of thiophene rings is 1. The molecule has 1 unspecified atom stereocenters. The maximum Gasteiger partial charge on any atom is 0.269 e. The van der Waals surface area contributed by atoms with E-state index in [0.29, 0.717) is 6.04 Å². The highest BCUT2D eigenvalue weighted by atomic mass is 32.1. The van der Waals surface area contributed by atoms with Gasteiger partial charge in [-0.1, -0.05) is 6.08 Å². The molecule has 4 rings (SSSR count). The van der Waals surface area contributed by atoms with Crippen LogP contribution in [0, 0.1) is 10.1 Å². The van der Waals surface area contributed by atoms with Crippen LogP contribution in [0.3, 0.4) is 0 Å². The summed E-state index contributed by atoms with van der Waals surface area (Å²) in [5.41, 5.74) is 2.87. The third kappa shape index (κ3) is 3.53. The Kier molecular flexibility index (Phi) is 4.91. The summed E-state index contributed by atoms with van der Waals surface area (Å²) in [7, 11) is 0. The fraction of sp³-hybridized carbons (Fsp3) is 0.350. The Bertz CT molecular complexity index is 949. The van der Waals surface area contributed by atoms with Crippen molar-refractivity contribution in [3.63, 3.8) is 0 Å². The third-order valence-electron chi connectivity index (χ3n) is 5.20. The zero-order valence-corrected chi connectivity index (χ0v) is 16.6. The molecule has 2 aliphatic rings. The quantitative estimate of drug-likeness (QED) is 0.607. The lowest BCUT2D eigenvalue weighted by Gasteiger charge is -2.30. The van der Waals surface area contributed by atoms with Crippen molar-refractivity contribution >= 4 is 34.0 Å². The van der Waals surface area contributed by atoms with E-state index in [9.17, 15) is 14.9 Å². The molecule has 2 aromatic rings. The standard InChI is InChI=1S/C20H22N4O3S/c1-12(2)23-10-9-15-16(11-23)28-20-18(15)19(25)21-17(22-20)8-5-13-3-6-14(7-4-13)24(26)27/h3-8,12,17,22H,9-11H2,1-2H3,(H,21,25)/b8-5-. The van der Waals surface area contributed by atoms with E-state index < -0.39 is 4.92 Å². The van der Waals surface area contributed by atoms with Crippen LogP contribution in [0.5, 0.6) is 0 Å². The Morgan fingerprint density at radius 3 is 2.71 bits per heavy atom. The number of rotatable bonds is 4. The number of amides is 1. The van der Waals surface area contributed by atoms with Gasteiger partial charge in [-0.25, -0.2) is 0 Å². The summed E-state index contributed by atoms with van der Waals surface area (Å²) >= 11 is 1.67. The van der Waals surface area contributed by atoms with E-state index in [4.69, 9.17) is 0 Å². The number of nitro benzene ring substituents is 1. The number of anilines is 1. The maximum absolute atomic E-state index is 12.7. The Morgan fingerprint density at radius 1 is 1.29 bits per heavy atom. The first-order chi connectivity index (χ1) is 13.4. The highest BCUT2D eigenvalue weighted by Gasteiger charge is 2.32. The van der Waals surface area contributed by atoms with Gasteiger partial charge in [0.15, 0.2) is 0 Å². The first kappa shape index (κ1) is 18.6. The molecule has 1 amide bonds. The Hall–Kier alpha value is -2.71. The number of carbonyl (C=O) groups is 1. The van der Waals surface area contributed by atoms with Crippen LogP contribution in [0.4, 0.5) is 10.7 Å². The molecule has 0 aliphatic carbocycles. The molecule has 2 N–H and O–H groups in total. The van der Waals surface area contributed by atoms with Gasteiger partial charge in [-0.05, 0) is 49.6 Å². The number of benzene rings is 1. The topological polar surface area (TPSA) is 87.5 Å². The monoisotopic (exact) mass is 398 g/mol. The molecule has 1 atom stereocenters. The highest BCUT2D eigenvalue weighted by molar-refractivity contribution is 7.16. The van der Waals surface area contributed by atoms with Gasteiger partial charge in [-0.15, -0.1) is 11.3 Å². The second kappa shape index (κ2) is 7.37. The van der Waals surface area contributed by atoms with Crippen LogP contribution in [0.2, 0.25) is 0 Å². The largest absolute Gasteiger partial charge is 0.353 e. The Labute approximate surface area is 167 Å². The number of hydrogen-bond acceptors (Lipinski definition) is 6. The molecule has 0 radical (unpaired) electrons. The first-order valence-corrected chi connectivity index (χ1v) is 10.1. The van der Waals surface area contributed by atoms with Gasteiger partial charge in [0.1, 0.15) is 11.2 Å². The van der Waals surface area contributed by atoms with Crippen molar-refractivity contribution in [2.45, 2.75) is 39.0 Å². The summed E-state index contributed by atoms with van der Waals surface area (Å²) in [4.78, 5) is 26.7. The van der Waals surface area contributed by atoms with Crippen molar-refractivity contribution in [1.82, 2.24) is 10.2 Å². The third-order valence-corrected chi connectivity index (χ3v) is 6.35. The van der Waals surface area contributed by atoms with Crippen molar-refractivity contribution < 1.29 is 9.72 Å². The van der Waals surface area contributed by atoms with E-state index in [1.165, 1.54) is 22.6 Å². The van der Waals surface area contributed by atoms with Gasteiger partial charge in [-0.2, -0.15) is 0 Å². The minimum Gasteiger partial charge on any atom is -0.353 e. The first-order valence-electron chi connectivity index (χ1n) is 9.31. The fourth-order valence-electron chi connectivity index (χ4n) is 3.61. The van der Waals surface area contributed by atoms with E-state index in [1.807, 2.05) is 12.2 Å². The van der Waals surface area contributed by atoms with Crippen molar-refractivity contribution in [3.8, 4) is 0 Å². The fourth-order valence-corrected chi connectivity index (χ4v) is 4.92. The summed E-state index contributed by atoms with van der Waals surface area (Å²) in [6, 6.07) is 6.81. The van der Waals surface area contributed by atoms with Crippen LogP contribution in [0.1, 0.15) is 40.2 Å². The predicted octanol–water partition coefficient (Wildman–Crippen LogP) is 3.62. The number of fused-ring (bicyclic) bond motifs is 3. The number of nitro groups is 1. The van der Waals surface area contributed by atoms with Crippen molar-refractivity contribution in [1.29, 1.82) is 0 Å². The predicted molar refractivity (Wildman–Crippen MR) is 111 cm³/mol. The van der Waals surface area contributed by atoms with Gasteiger partial charge < -0.3 is 10.6 Å². The SMILES string of the molecule is CC(C)N1CCc2c(sc3c2C(=O)NC(/C=C\c2ccc([N+](=O)[O-])cc2)N3)C1. The van der Waals surface area contributed by atoms with Crippen molar-refractivity contribution in [2.24, 2.45) is 0 Å². The zero-order valence-electron chi connectivity index (χ0n) is 15.8. The Balaban J connectivity index is 1.51. The molecule has 28 heavy (non-hydrogen) atoms. The van der Waals surface area contributed by atoms with Crippen LogP contribution < -0.4 is 10.6 Å². The molecular weight excluding hydrogens is 376 g/mol. The lowest BCUT2D eigenvalue weighted by molar-refractivity contribution is -0.384. The number of non-ortho nitro benzene ring substituents is 1. The van der Waals surface area contributed by atoms with Crippen LogP contribution in [-0.4, -0.2) is 34.5 Å². The van der Waals surface area contributed by atoms with E-state index in [1.54, 1.807) is 23.5 Å². The Morgan fingerprint density at radius 2 is 2.04 bits per heavy atom. The molecule has 8 heteroatoms. The van der Waals surface area contributed by atoms with Crippen LogP contribution in [0.15, 0.2) is 30.3 Å². The second-order valence-corrected chi connectivity index (χ2v) is 8.43. The van der Waals surface area contributed by atoms with Gasteiger partial charge in [0, 0.05) is 36.1 Å². The molecule has 146 valence electrons. The molecule has 0 spiro atoms. The molecular formula is C20H22N4O3S. The number of nitrogens with zero attached hydrogens (tertiary/aromatic N) is 2. The molecule has 0 bridgehead atoms. The summed E-state index contributed by atoms with van der Waals surface area (Å²) in [5, 5.41) is 18.1. The normalized spacial score (nSPS) is 19.2. The zero-order chi connectivity index (χ0) is 19.8. The van der Waals surface area contributed by atoms with Gasteiger partial charge in [0.05, 0.1) is 10.5 Å². The molecule has 7 nitrogen and oxygen atoms in total. The average Bonchev–Trinajstić information content (AvgIpc) is 3.04. The van der Waals surface area contributed by atoms with E-state index in [0.717, 1.165) is 35.6 Å². The minimum absolute atomic E-state index is 0.0393. The average molecular weight is 398 g/mol. The highest BCUT2D eigenvalue weighted by Crippen LogP contribution is 2.39. The van der Waals surface area contributed by atoms with Gasteiger partial charge in [-0.3, -0.25) is 19.8 Å². The summed E-state index contributed by atoms with van der Waals surface area (Å²) < 4.78 is 0. The van der Waals surface area contributed by atoms with E-state index in [2.05, 4.69) is 29.4 Å².